The Morgan fingerprint density at radius 3 is 2.56 bits per heavy atom. The van der Waals surface area contributed by atoms with Gasteiger partial charge < -0.3 is 10.6 Å². The van der Waals surface area contributed by atoms with Gasteiger partial charge in [-0.3, -0.25) is 4.79 Å². The van der Waals surface area contributed by atoms with Crippen molar-refractivity contribution in [1.82, 2.24) is 4.90 Å². The second-order valence-corrected chi connectivity index (χ2v) is 1.43. The smallest absolute Gasteiger partial charge is 0.318 e. The molecule has 0 aliphatic heterocycles. The van der Waals surface area contributed by atoms with Crippen LogP contribution in [0.1, 0.15) is 0 Å². The molecule has 2 amide bonds. The van der Waals surface area contributed by atoms with E-state index in [1.165, 1.54) is 19.3 Å². The number of urea groups is 1. The Labute approximate surface area is 52.9 Å². The van der Waals surface area contributed by atoms with Gasteiger partial charge in [0.05, 0.1) is 0 Å². The Kier molecular flexibility index (Phi) is 3.12. The van der Waals surface area contributed by atoms with Gasteiger partial charge >= 0.3 is 6.03 Å². The molecule has 0 saturated carbocycles. The molecule has 0 aromatic heterocycles. The van der Waals surface area contributed by atoms with Gasteiger partial charge in [-0.1, -0.05) is 0 Å². The zero-order valence-corrected chi connectivity index (χ0v) is 5.07. The molecule has 0 radical (unpaired) electrons. The average molecular weight is 128 g/mol. The molecule has 50 valence electrons. The molecule has 0 unspecified atom stereocenters. The predicted octanol–water partition coefficient (Wildman–Crippen LogP) is -0.290. The van der Waals surface area contributed by atoms with Crippen LogP contribution in [0.25, 0.3) is 0 Å². The normalized spacial score (nSPS) is 9.44. The van der Waals surface area contributed by atoms with Crippen LogP contribution in [0, 0.1) is 0 Å². The fraction of sp³-hybridized carbons (Fsp3) is 0.200. The number of nitrogens with zero attached hydrogens (tertiary/aromatic N) is 1. The van der Waals surface area contributed by atoms with Gasteiger partial charge in [-0.05, 0) is 6.08 Å². The van der Waals surface area contributed by atoms with Crippen molar-refractivity contribution in [1.29, 1.82) is 0 Å². The first-order chi connectivity index (χ1) is 4.18. The van der Waals surface area contributed by atoms with Crippen molar-refractivity contribution in [2.24, 2.45) is 5.73 Å². The fourth-order valence-corrected chi connectivity index (χ4v) is 0.238. The number of carbonyl (C=O) groups is 2. The quantitative estimate of drug-likeness (QED) is 0.410. The lowest BCUT2D eigenvalue weighted by Gasteiger charge is -2.04. The summed E-state index contributed by atoms with van der Waals surface area (Å²) in [5, 5.41) is 0. The van der Waals surface area contributed by atoms with E-state index in [2.05, 4.69) is 0 Å². The minimum atomic E-state index is -0.590. The van der Waals surface area contributed by atoms with Crippen molar-refractivity contribution in [2.75, 3.05) is 7.05 Å². The van der Waals surface area contributed by atoms with E-state index in [1.807, 2.05) is 0 Å². The van der Waals surface area contributed by atoms with Crippen LogP contribution >= 0.6 is 0 Å². The van der Waals surface area contributed by atoms with E-state index in [-0.39, 0.29) is 0 Å². The molecule has 0 spiro atoms. The van der Waals surface area contributed by atoms with E-state index in [0.717, 1.165) is 4.90 Å². The van der Waals surface area contributed by atoms with Crippen LogP contribution in [0.15, 0.2) is 12.3 Å². The van der Waals surface area contributed by atoms with Crippen LogP contribution < -0.4 is 5.73 Å². The summed E-state index contributed by atoms with van der Waals surface area (Å²) in [7, 11) is 1.46. The number of aldehydes is 1. The lowest BCUT2D eigenvalue weighted by Crippen LogP contribution is -2.26. The van der Waals surface area contributed by atoms with E-state index in [9.17, 15) is 9.59 Å². The number of amides is 2. The van der Waals surface area contributed by atoms with Gasteiger partial charge in [0.1, 0.15) is 6.29 Å². The first-order valence-electron chi connectivity index (χ1n) is 2.32. The molecule has 0 aromatic carbocycles. The van der Waals surface area contributed by atoms with Crippen LogP contribution in [-0.2, 0) is 4.79 Å². The molecular weight excluding hydrogens is 120 g/mol. The van der Waals surface area contributed by atoms with Gasteiger partial charge in [-0.25, -0.2) is 4.79 Å². The largest absolute Gasteiger partial charge is 0.351 e. The molecule has 0 aliphatic carbocycles. The van der Waals surface area contributed by atoms with Gasteiger partial charge in [-0.2, -0.15) is 0 Å². The molecule has 0 saturated heterocycles. The highest BCUT2D eigenvalue weighted by atomic mass is 16.2. The number of primary amides is 1. The molecule has 0 fully saturated rings. The summed E-state index contributed by atoms with van der Waals surface area (Å²) in [5.74, 6) is 0. The summed E-state index contributed by atoms with van der Waals surface area (Å²) in [4.78, 5) is 21.0. The monoisotopic (exact) mass is 128 g/mol. The van der Waals surface area contributed by atoms with E-state index in [4.69, 9.17) is 5.73 Å². The zero-order valence-electron chi connectivity index (χ0n) is 5.07. The molecular formula is C5H8N2O2. The number of rotatable bonds is 2. The van der Waals surface area contributed by atoms with Crippen LogP contribution in [0.5, 0.6) is 0 Å². The van der Waals surface area contributed by atoms with Crippen LogP contribution in [0.4, 0.5) is 4.79 Å². The molecule has 0 aromatic rings. The summed E-state index contributed by atoms with van der Waals surface area (Å²) in [6.45, 7) is 0. The van der Waals surface area contributed by atoms with Gasteiger partial charge in [0.25, 0.3) is 0 Å². The third-order valence-corrected chi connectivity index (χ3v) is 0.736. The minimum Gasteiger partial charge on any atom is -0.351 e. The van der Waals surface area contributed by atoms with Gasteiger partial charge in [0.2, 0.25) is 0 Å². The molecule has 0 heterocycles. The summed E-state index contributed by atoms with van der Waals surface area (Å²) in [5.41, 5.74) is 4.80. The van der Waals surface area contributed by atoms with Crippen molar-refractivity contribution < 1.29 is 9.59 Å². The van der Waals surface area contributed by atoms with Gasteiger partial charge in [0.15, 0.2) is 0 Å². The van der Waals surface area contributed by atoms with Crippen LogP contribution in [0.3, 0.4) is 0 Å². The van der Waals surface area contributed by atoms with Gasteiger partial charge in [0, 0.05) is 13.2 Å². The number of nitrogens with two attached hydrogens (primary N) is 1. The lowest BCUT2D eigenvalue weighted by molar-refractivity contribution is -0.104. The summed E-state index contributed by atoms with van der Waals surface area (Å²) < 4.78 is 0. The van der Waals surface area contributed by atoms with Gasteiger partial charge in [-0.15, -0.1) is 0 Å². The molecule has 2 N–H and O–H groups in total. The summed E-state index contributed by atoms with van der Waals surface area (Å²) >= 11 is 0. The first kappa shape index (κ1) is 7.68. The highest BCUT2D eigenvalue weighted by molar-refractivity contribution is 5.74. The highest BCUT2D eigenvalue weighted by Crippen LogP contribution is 1.79. The maximum Gasteiger partial charge on any atom is 0.318 e. The first-order valence-corrected chi connectivity index (χ1v) is 2.32. The SMILES string of the molecule is CN(C=CC=O)C(N)=O. The third kappa shape index (κ3) is 3.28. The molecule has 4 heteroatoms. The molecule has 0 atom stereocenters. The van der Waals surface area contributed by atoms with Crippen molar-refractivity contribution in [3.8, 4) is 0 Å². The third-order valence-electron chi connectivity index (χ3n) is 0.736. The highest BCUT2D eigenvalue weighted by Gasteiger charge is 1.93. The van der Waals surface area contributed by atoms with Crippen molar-refractivity contribution in [3.63, 3.8) is 0 Å². The minimum absolute atomic E-state index is 0.569. The van der Waals surface area contributed by atoms with E-state index in [0.29, 0.717) is 6.29 Å². The Bertz CT molecular complexity index is 142. The van der Waals surface area contributed by atoms with E-state index in [1.54, 1.807) is 0 Å². The van der Waals surface area contributed by atoms with Crippen LogP contribution in [-0.4, -0.2) is 24.3 Å². The standard InChI is InChI=1S/C5H8N2O2/c1-7(5(6)9)3-2-4-8/h2-4H,1H3,(H2,6,9). The lowest BCUT2D eigenvalue weighted by atomic mass is 10.6. The topological polar surface area (TPSA) is 63.4 Å². The average Bonchev–Trinajstić information content (AvgIpc) is 1.82. The predicted molar refractivity (Wildman–Crippen MR) is 32.6 cm³/mol. The number of hydrogen-bond acceptors (Lipinski definition) is 2. The Hall–Kier alpha value is -1.32. The molecule has 0 bridgehead atoms. The summed E-state index contributed by atoms with van der Waals surface area (Å²) in [6.07, 6.45) is 3.04. The molecule has 0 rings (SSSR count). The maximum atomic E-state index is 10.2. The Balaban J connectivity index is 3.75. The molecule has 4 nitrogen and oxygen atoms in total. The zero-order chi connectivity index (χ0) is 7.28. The molecule has 9 heavy (non-hydrogen) atoms. The second kappa shape index (κ2) is 3.65. The van der Waals surface area contributed by atoms with Crippen molar-refractivity contribution in [3.05, 3.63) is 12.3 Å². The van der Waals surface area contributed by atoms with E-state index < -0.39 is 6.03 Å². The van der Waals surface area contributed by atoms with Crippen LogP contribution in [0.2, 0.25) is 0 Å². The maximum absolute atomic E-state index is 10.2. The Morgan fingerprint density at radius 1 is 1.67 bits per heavy atom. The van der Waals surface area contributed by atoms with Crippen molar-refractivity contribution in [2.45, 2.75) is 0 Å². The van der Waals surface area contributed by atoms with E-state index >= 15 is 0 Å². The number of hydrogen-bond donors (Lipinski definition) is 1. The second-order valence-electron chi connectivity index (χ2n) is 1.43. The summed E-state index contributed by atoms with van der Waals surface area (Å²) in [6, 6.07) is -0.590. The fourth-order valence-electron chi connectivity index (χ4n) is 0.238. The molecule has 0 aliphatic rings. The Morgan fingerprint density at radius 2 is 2.22 bits per heavy atom. The number of carbonyl (C=O) groups excluding carboxylic acids is 2. The van der Waals surface area contributed by atoms with Crippen molar-refractivity contribution >= 4 is 12.3 Å². The number of allylic oxidation sites excluding steroid dienone is 1.